The van der Waals surface area contributed by atoms with Gasteiger partial charge in [-0.1, -0.05) is 42.5 Å². The molecule has 0 bridgehead atoms. The minimum atomic E-state index is -0.697. The zero-order chi connectivity index (χ0) is 26.1. The van der Waals surface area contributed by atoms with Crippen molar-refractivity contribution >= 4 is 34.6 Å². The van der Waals surface area contributed by atoms with Crippen LogP contribution < -0.4 is 19.5 Å². The SMILES string of the molecule is COc1ccc(C(C2C(=O)N(c3ccccc3)N=C2C)C2C(=O)N(c3ccccc3)N=C2C)c(OC)c1. The molecule has 0 aromatic heterocycles. The van der Waals surface area contributed by atoms with Crippen molar-refractivity contribution in [3.8, 4) is 11.5 Å². The van der Waals surface area contributed by atoms with E-state index in [1.165, 1.54) is 10.0 Å². The van der Waals surface area contributed by atoms with E-state index in [0.717, 1.165) is 0 Å². The topological polar surface area (TPSA) is 83.8 Å². The molecule has 3 aromatic rings. The molecular weight excluding hydrogens is 468 g/mol. The first-order valence-electron chi connectivity index (χ1n) is 12.0. The highest BCUT2D eigenvalue weighted by Crippen LogP contribution is 2.46. The summed E-state index contributed by atoms with van der Waals surface area (Å²) >= 11 is 0. The van der Waals surface area contributed by atoms with Crippen LogP contribution in [0.4, 0.5) is 11.4 Å². The highest BCUT2D eigenvalue weighted by molar-refractivity contribution is 6.19. The largest absolute Gasteiger partial charge is 0.497 e. The number of hydrazone groups is 2. The predicted molar refractivity (Wildman–Crippen MR) is 143 cm³/mol. The molecule has 2 aliphatic heterocycles. The molecule has 188 valence electrons. The number of nitrogens with zero attached hydrogens (tertiary/aromatic N) is 4. The Balaban J connectivity index is 1.62. The Morgan fingerprint density at radius 3 is 1.62 bits per heavy atom. The Morgan fingerprint density at radius 2 is 1.19 bits per heavy atom. The summed E-state index contributed by atoms with van der Waals surface area (Å²) in [5.41, 5.74) is 3.30. The fraction of sp³-hybridized carbons (Fsp3) is 0.241. The van der Waals surface area contributed by atoms with Gasteiger partial charge in [-0.2, -0.15) is 10.2 Å². The molecule has 8 nitrogen and oxygen atoms in total. The molecule has 0 fully saturated rings. The van der Waals surface area contributed by atoms with Crippen LogP contribution in [0.5, 0.6) is 11.5 Å². The Bertz CT molecular complexity index is 1310. The summed E-state index contributed by atoms with van der Waals surface area (Å²) in [5, 5.41) is 12.1. The van der Waals surface area contributed by atoms with Crippen molar-refractivity contribution in [2.45, 2.75) is 19.8 Å². The Labute approximate surface area is 215 Å². The number of amides is 2. The number of hydrogen-bond acceptors (Lipinski definition) is 6. The van der Waals surface area contributed by atoms with Gasteiger partial charge in [0.15, 0.2) is 0 Å². The molecule has 0 saturated carbocycles. The average Bonchev–Trinajstić information content (AvgIpc) is 3.40. The minimum Gasteiger partial charge on any atom is -0.497 e. The van der Waals surface area contributed by atoms with Gasteiger partial charge in [0.1, 0.15) is 11.5 Å². The molecule has 2 unspecified atom stereocenters. The van der Waals surface area contributed by atoms with Crippen LogP contribution in [0.2, 0.25) is 0 Å². The molecule has 5 rings (SSSR count). The van der Waals surface area contributed by atoms with Crippen molar-refractivity contribution in [1.82, 2.24) is 0 Å². The summed E-state index contributed by atoms with van der Waals surface area (Å²) in [7, 11) is 3.15. The Kier molecular flexibility index (Phi) is 6.48. The monoisotopic (exact) mass is 496 g/mol. The fourth-order valence-corrected chi connectivity index (χ4v) is 5.14. The summed E-state index contributed by atoms with van der Waals surface area (Å²) in [6.45, 7) is 3.66. The van der Waals surface area contributed by atoms with E-state index in [1.54, 1.807) is 20.3 Å². The van der Waals surface area contributed by atoms with Crippen molar-refractivity contribution in [2.75, 3.05) is 24.2 Å². The normalized spacial score (nSPS) is 20.1. The van der Waals surface area contributed by atoms with Crippen molar-refractivity contribution in [3.63, 3.8) is 0 Å². The molecule has 0 saturated heterocycles. The third kappa shape index (κ3) is 4.24. The summed E-state index contributed by atoms with van der Waals surface area (Å²) in [6.07, 6.45) is 0. The van der Waals surface area contributed by atoms with Crippen LogP contribution in [0.15, 0.2) is 89.1 Å². The van der Waals surface area contributed by atoms with E-state index >= 15 is 0 Å². The number of benzene rings is 3. The second kappa shape index (κ2) is 9.89. The number of hydrogen-bond donors (Lipinski definition) is 0. The molecule has 0 aliphatic carbocycles. The number of methoxy groups -OCH3 is 2. The van der Waals surface area contributed by atoms with E-state index in [1.807, 2.05) is 86.6 Å². The molecular formula is C29H28N4O4. The summed E-state index contributed by atoms with van der Waals surface area (Å²) in [5.74, 6) is -1.26. The first-order valence-corrected chi connectivity index (χ1v) is 12.0. The quantitative estimate of drug-likeness (QED) is 0.467. The molecule has 0 radical (unpaired) electrons. The van der Waals surface area contributed by atoms with Crippen LogP contribution in [0, 0.1) is 11.8 Å². The van der Waals surface area contributed by atoms with Gasteiger partial charge < -0.3 is 9.47 Å². The van der Waals surface area contributed by atoms with Crippen LogP contribution in [-0.4, -0.2) is 37.5 Å². The third-order valence-electron chi connectivity index (χ3n) is 6.88. The average molecular weight is 497 g/mol. The number of anilines is 2. The van der Waals surface area contributed by atoms with Crippen LogP contribution in [0.1, 0.15) is 25.3 Å². The van der Waals surface area contributed by atoms with E-state index in [4.69, 9.17) is 9.47 Å². The van der Waals surface area contributed by atoms with E-state index in [-0.39, 0.29) is 11.8 Å². The highest BCUT2D eigenvalue weighted by atomic mass is 16.5. The van der Waals surface area contributed by atoms with Crippen molar-refractivity contribution in [2.24, 2.45) is 22.0 Å². The van der Waals surface area contributed by atoms with E-state index in [9.17, 15) is 9.59 Å². The number of para-hydroxylation sites is 2. The predicted octanol–water partition coefficient (Wildman–Crippen LogP) is 4.87. The van der Waals surface area contributed by atoms with Gasteiger partial charge in [-0.15, -0.1) is 0 Å². The number of ether oxygens (including phenoxy) is 2. The molecule has 2 aliphatic rings. The maximum absolute atomic E-state index is 14.0. The smallest absolute Gasteiger partial charge is 0.256 e. The molecule has 2 heterocycles. The zero-order valence-electron chi connectivity index (χ0n) is 21.2. The van der Waals surface area contributed by atoms with Crippen LogP contribution in [-0.2, 0) is 9.59 Å². The van der Waals surface area contributed by atoms with Crippen molar-refractivity contribution in [3.05, 3.63) is 84.4 Å². The van der Waals surface area contributed by atoms with Crippen molar-refractivity contribution < 1.29 is 19.1 Å². The van der Waals surface area contributed by atoms with Crippen LogP contribution in [0.25, 0.3) is 0 Å². The molecule has 2 amide bonds. The lowest BCUT2D eigenvalue weighted by molar-refractivity contribution is -0.122. The lowest BCUT2D eigenvalue weighted by atomic mass is 9.72. The van der Waals surface area contributed by atoms with Gasteiger partial charge in [0, 0.05) is 23.4 Å². The van der Waals surface area contributed by atoms with Gasteiger partial charge in [-0.3, -0.25) is 9.59 Å². The molecule has 0 N–H and O–H groups in total. The van der Waals surface area contributed by atoms with Gasteiger partial charge >= 0.3 is 0 Å². The molecule has 0 spiro atoms. The third-order valence-corrected chi connectivity index (χ3v) is 6.88. The van der Waals surface area contributed by atoms with Gasteiger partial charge in [-0.25, -0.2) is 10.0 Å². The minimum absolute atomic E-state index is 0.203. The summed E-state index contributed by atoms with van der Waals surface area (Å²) in [4.78, 5) is 27.9. The highest BCUT2D eigenvalue weighted by Gasteiger charge is 2.50. The van der Waals surface area contributed by atoms with Crippen LogP contribution >= 0.6 is 0 Å². The summed E-state index contributed by atoms with van der Waals surface area (Å²) < 4.78 is 11.1. The van der Waals surface area contributed by atoms with Crippen molar-refractivity contribution in [1.29, 1.82) is 0 Å². The second-order valence-electron chi connectivity index (χ2n) is 9.04. The lowest BCUT2D eigenvalue weighted by Crippen LogP contribution is -2.40. The van der Waals surface area contributed by atoms with Crippen LogP contribution in [0.3, 0.4) is 0 Å². The Morgan fingerprint density at radius 1 is 0.703 bits per heavy atom. The molecule has 3 aromatic carbocycles. The van der Waals surface area contributed by atoms with Gasteiger partial charge in [-0.05, 0) is 49.7 Å². The first kappa shape index (κ1) is 24.2. The number of carbonyl (C=O) groups is 2. The summed E-state index contributed by atoms with van der Waals surface area (Å²) in [6, 6.07) is 24.0. The maximum Gasteiger partial charge on any atom is 0.256 e. The standard InChI is InChI=1S/C29H28N4O4/c1-18-25(28(34)32(30-18)20-11-7-5-8-12-20)27(23-16-15-22(36-3)17-24(23)37-4)26-19(2)31-33(29(26)35)21-13-9-6-10-14-21/h5-17,25-27H,1-4H3. The zero-order valence-corrected chi connectivity index (χ0v) is 21.2. The first-order chi connectivity index (χ1) is 17.9. The van der Waals surface area contributed by atoms with Gasteiger partial charge in [0.05, 0.1) is 37.4 Å². The van der Waals surface area contributed by atoms with Gasteiger partial charge in [0.2, 0.25) is 0 Å². The van der Waals surface area contributed by atoms with E-state index in [0.29, 0.717) is 39.9 Å². The number of carbonyl (C=O) groups excluding carboxylic acids is 2. The number of rotatable bonds is 7. The second-order valence-corrected chi connectivity index (χ2v) is 9.04. The Hall–Kier alpha value is -4.46. The maximum atomic E-state index is 14.0. The van der Waals surface area contributed by atoms with E-state index < -0.39 is 17.8 Å². The van der Waals surface area contributed by atoms with E-state index in [2.05, 4.69) is 10.2 Å². The molecule has 2 atom stereocenters. The molecule has 8 heteroatoms. The van der Waals surface area contributed by atoms with Gasteiger partial charge in [0.25, 0.3) is 11.8 Å². The molecule has 37 heavy (non-hydrogen) atoms. The fourth-order valence-electron chi connectivity index (χ4n) is 5.14. The lowest BCUT2D eigenvalue weighted by Gasteiger charge is -2.30.